The first-order chi connectivity index (χ1) is 8.41. The van der Waals surface area contributed by atoms with Crippen molar-refractivity contribution >= 4 is 0 Å². The number of nitrogens with two attached hydrogens (primary N) is 1. The first kappa shape index (κ1) is 13.6. The summed E-state index contributed by atoms with van der Waals surface area (Å²) in [4.78, 5) is 2.37. The molecule has 2 unspecified atom stereocenters. The largest absolute Gasteiger partial charge is 0.465 e. The quantitative estimate of drug-likeness (QED) is 0.895. The van der Waals surface area contributed by atoms with E-state index in [1.165, 1.54) is 0 Å². The fourth-order valence-electron chi connectivity index (χ4n) is 2.82. The molecule has 102 valence electrons. The van der Waals surface area contributed by atoms with Gasteiger partial charge in [0.25, 0.3) is 0 Å². The van der Waals surface area contributed by atoms with E-state index in [4.69, 9.17) is 14.9 Å². The number of aryl methyl sites for hydroxylation is 1. The highest BCUT2D eigenvalue weighted by Crippen LogP contribution is 2.29. The molecule has 2 atom stereocenters. The Hall–Kier alpha value is -0.840. The Balaban J connectivity index is 2.17. The van der Waals surface area contributed by atoms with Crippen molar-refractivity contribution in [2.75, 3.05) is 19.6 Å². The number of furan rings is 1. The van der Waals surface area contributed by atoms with Gasteiger partial charge in [0.15, 0.2) is 0 Å². The molecule has 4 nitrogen and oxygen atoms in total. The van der Waals surface area contributed by atoms with Gasteiger partial charge < -0.3 is 14.9 Å². The van der Waals surface area contributed by atoms with Gasteiger partial charge in [0, 0.05) is 19.6 Å². The van der Waals surface area contributed by atoms with Crippen molar-refractivity contribution in [2.24, 2.45) is 5.73 Å². The average molecular weight is 252 g/mol. The molecule has 18 heavy (non-hydrogen) atoms. The fourth-order valence-corrected chi connectivity index (χ4v) is 2.82. The van der Waals surface area contributed by atoms with Crippen LogP contribution in [-0.2, 0) is 4.74 Å². The predicted molar refractivity (Wildman–Crippen MR) is 71.4 cm³/mol. The maximum absolute atomic E-state index is 5.94. The average Bonchev–Trinajstić information content (AvgIpc) is 2.63. The van der Waals surface area contributed by atoms with Gasteiger partial charge in [-0.25, -0.2) is 0 Å². The summed E-state index contributed by atoms with van der Waals surface area (Å²) in [7, 11) is 0. The minimum Gasteiger partial charge on any atom is -0.465 e. The van der Waals surface area contributed by atoms with Crippen molar-refractivity contribution < 1.29 is 9.15 Å². The molecular formula is C14H24N2O2. The smallest absolute Gasteiger partial charge is 0.122 e. The van der Waals surface area contributed by atoms with E-state index in [1.807, 2.05) is 19.1 Å². The number of hydrogen-bond donors (Lipinski definition) is 1. The zero-order valence-electron chi connectivity index (χ0n) is 11.8. The minimum absolute atomic E-state index is 0.132. The molecule has 1 aliphatic heterocycles. The second-order valence-corrected chi connectivity index (χ2v) is 5.82. The maximum atomic E-state index is 5.94. The van der Waals surface area contributed by atoms with E-state index in [0.717, 1.165) is 24.6 Å². The van der Waals surface area contributed by atoms with E-state index < -0.39 is 0 Å². The Morgan fingerprint density at radius 2 is 2.22 bits per heavy atom. The monoisotopic (exact) mass is 252 g/mol. The van der Waals surface area contributed by atoms with Crippen molar-refractivity contribution in [3.63, 3.8) is 0 Å². The summed E-state index contributed by atoms with van der Waals surface area (Å²) >= 11 is 0. The molecule has 0 radical (unpaired) electrons. The molecular weight excluding hydrogens is 228 g/mol. The normalized spacial score (nSPS) is 26.2. The minimum atomic E-state index is -0.132. The molecule has 0 aromatic carbocycles. The van der Waals surface area contributed by atoms with Crippen molar-refractivity contribution in [1.82, 2.24) is 4.90 Å². The summed E-state index contributed by atoms with van der Waals surface area (Å²) in [5.41, 5.74) is 5.80. The Bertz CT molecular complexity index is 400. The lowest BCUT2D eigenvalue weighted by Gasteiger charge is -2.44. The lowest BCUT2D eigenvalue weighted by Crippen LogP contribution is -2.53. The van der Waals surface area contributed by atoms with Crippen molar-refractivity contribution in [2.45, 2.75) is 45.4 Å². The standard InChI is InChI=1S/C14H24N2O2/c1-10-5-6-13(17-10)12(7-15)16-8-11(2)18-14(3,4)9-16/h5-6,11-12H,7-9,15H2,1-4H3. The third kappa shape index (κ3) is 2.94. The Morgan fingerprint density at radius 1 is 1.50 bits per heavy atom. The van der Waals surface area contributed by atoms with Crippen molar-refractivity contribution in [1.29, 1.82) is 0 Å². The summed E-state index contributed by atoms with van der Waals surface area (Å²) in [6.07, 6.45) is 0.221. The lowest BCUT2D eigenvalue weighted by atomic mass is 10.0. The number of hydrogen-bond acceptors (Lipinski definition) is 4. The summed E-state index contributed by atoms with van der Waals surface area (Å²) in [5, 5.41) is 0. The second-order valence-electron chi connectivity index (χ2n) is 5.82. The zero-order valence-corrected chi connectivity index (χ0v) is 11.8. The first-order valence-corrected chi connectivity index (χ1v) is 6.59. The highest BCUT2D eigenvalue weighted by atomic mass is 16.5. The van der Waals surface area contributed by atoms with Crippen LogP contribution in [0, 0.1) is 6.92 Å². The third-order valence-electron chi connectivity index (χ3n) is 3.35. The molecule has 2 heterocycles. The van der Waals surface area contributed by atoms with Gasteiger partial charge in [-0.2, -0.15) is 0 Å². The molecule has 0 spiro atoms. The van der Waals surface area contributed by atoms with E-state index in [1.54, 1.807) is 0 Å². The Labute approximate surface area is 109 Å². The maximum Gasteiger partial charge on any atom is 0.122 e. The molecule has 1 saturated heterocycles. The summed E-state index contributed by atoms with van der Waals surface area (Å²) in [5.74, 6) is 1.89. The molecule has 1 fully saturated rings. The predicted octanol–water partition coefficient (Wildman–Crippen LogP) is 2.09. The molecule has 1 aromatic rings. The van der Waals surface area contributed by atoms with Crippen LogP contribution < -0.4 is 5.73 Å². The van der Waals surface area contributed by atoms with E-state index >= 15 is 0 Å². The van der Waals surface area contributed by atoms with E-state index in [0.29, 0.717) is 6.54 Å². The van der Waals surface area contributed by atoms with Crippen LogP contribution >= 0.6 is 0 Å². The molecule has 1 aliphatic rings. The summed E-state index contributed by atoms with van der Waals surface area (Å²) in [6.45, 7) is 10.6. The summed E-state index contributed by atoms with van der Waals surface area (Å²) in [6, 6.07) is 4.16. The van der Waals surface area contributed by atoms with Crippen LogP contribution in [0.15, 0.2) is 16.5 Å². The fraction of sp³-hybridized carbons (Fsp3) is 0.714. The number of nitrogens with zero attached hydrogens (tertiary/aromatic N) is 1. The molecule has 0 aliphatic carbocycles. The van der Waals surface area contributed by atoms with E-state index in [9.17, 15) is 0 Å². The van der Waals surface area contributed by atoms with Gasteiger partial charge in [0.1, 0.15) is 11.5 Å². The van der Waals surface area contributed by atoms with Crippen LogP contribution in [0.25, 0.3) is 0 Å². The van der Waals surface area contributed by atoms with E-state index in [2.05, 4.69) is 25.7 Å². The molecule has 1 aromatic heterocycles. The van der Waals surface area contributed by atoms with Crippen LogP contribution in [0.4, 0.5) is 0 Å². The van der Waals surface area contributed by atoms with Gasteiger partial charge in [-0.1, -0.05) is 0 Å². The molecule has 0 saturated carbocycles. The first-order valence-electron chi connectivity index (χ1n) is 6.59. The van der Waals surface area contributed by atoms with Crippen molar-refractivity contribution in [3.05, 3.63) is 23.7 Å². The van der Waals surface area contributed by atoms with Gasteiger partial charge in [-0.15, -0.1) is 0 Å². The molecule has 2 rings (SSSR count). The highest BCUT2D eigenvalue weighted by molar-refractivity contribution is 5.11. The lowest BCUT2D eigenvalue weighted by molar-refractivity contribution is -0.139. The number of morpholine rings is 1. The van der Waals surface area contributed by atoms with Gasteiger partial charge >= 0.3 is 0 Å². The van der Waals surface area contributed by atoms with E-state index in [-0.39, 0.29) is 17.7 Å². The van der Waals surface area contributed by atoms with Crippen LogP contribution in [0.1, 0.15) is 38.3 Å². The molecule has 0 amide bonds. The van der Waals surface area contributed by atoms with Crippen LogP contribution in [-0.4, -0.2) is 36.2 Å². The number of ether oxygens (including phenoxy) is 1. The zero-order chi connectivity index (χ0) is 13.3. The molecule has 0 bridgehead atoms. The third-order valence-corrected chi connectivity index (χ3v) is 3.35. The molecule has 2 N–H and O–H groups in total. The van der Waals surface area contributed by atoms with Crippen LogP contribution in [0.2, 0.25) is 0 Å². The van der Waals surface area contributed by atoms with Gasteiger partial charge in [0.05, 0.1) is 17.7 Å². The highest BCUT2D eigenvalue weighted by Gasteiger charge is 2.35. The number of rotatable bonds is 3. The Morgan fingerprint density at radius 3 is 2.72 bits per heavy atom. The van der Waals surface area contributed by atoms with Gasteiger partial charge in [-0.3, -0.25) is 4.90 Å². The SMILES string of the molecule is Cc1ccc(C(CN)N2CC(C)OC(C)(C)C2)o1. The second kappa shape index (κ2) is 5.03. The van der Waals surface area contributed by atoms with Crippen LogP contribution in [0.5, 0.6) is 0 Å². The Kier molecular flexibility index (Phi) is 3.80. The van der Waals surface area contributed by atoms with Crippen LogP contribution in [0.3, 0.4) is 0 Å². The molecule has 4 heteroatoms. The van der Waals surface area contributed by atoms with Gasteiger partial charge in [0.2, 0.25) is 0 Å². The van der Waals surface area contributed by atoms with Crippen molar-refractivity contribution in [3.8, 4) is 0 Å². The van der Waals surface area contributed by atoms with Gasteiger partial charge in [-0.05, 0) is 39.8 Å². The topological polar surface area (TPSA) is 51.6 Å². The summed E-state index contributed by atoms with van der Waals surface area (Å²) < 4.78 is 11.7.